The van der Waals surface area contributed by atoms with Crippen molar-refractivity contribution in [3.8, 4) is 5.82 Å². The molecule has 1 aliphatic heterocycles. The second kappa shape index (κ2) is 7.41. The van der Waals surface area contributed by atoms with Crippen molar-refractivity contribution in [2.24, 2.45) is 7.05 Å². The Hall–Kier alpha value is -2.12. The molecule has 0 spiro atoms. The first-order chi connectivity index (χ1) is 12.0. The fourth-order valence-corrected chi connectivity index (χ4v) is 3.42. The number of nitrogens with zero attached hydrogens (tertiary/aromatic N) is 4. The Kier molecular flexibility index (Phi) is 5.24. The van der Waals surface area contributed by atoms with Crippen LogP contribution in [0, 0.1) is 0 Å². The number of nitrogens with one attached hydrogen (secondary N) is 1. The second-order valence-corrected chi connectivity index (χ2v) is 6.87. The van der Waals surface area contributed by atoms with E-state index in [1.165, 1.54) is 0 Å². The first kappa shape index (κ1) is 17.7. The molecule has 7 nitrogen and oxygen atoms in total. The molecular formula is C18H27N5O2. The van der Waals surface area contributed by atoms with Gasteiger partial charge in [-0.25, -0.2) is 0 Å². The maximum absolute atomic E-state index is 12.7. The first-order valence-electron chi connectivity index (χ1n) is 8.78. The van der Waals surface area contributed by atoms with Crippen LogP contribution in [0.1, 0.15) is 31.1 Å². The Morgan fingerprint density at radius 2 is 1.96 bits per heavy atom. The highest BCUT2D eigenvalue weighted by Gasteiger charge is 2.26. The van der Waals surface area contributed by atoms with Crippen LogP contribution in [0.15, 0.2) is 30.7 Å². The number of carbonyl (C=O) groups excluding carboxylic acids is 1. The molecule has 0 aliphatic carbocycles. The highest BCUT2D eigenvalue weighted by molar-refractivity contribution is 5.97. The van der Waals surface area contributed by atoms with E-state index in [0.29, 0.717) is 12.1 Å². The van der Waals surface area contributed by atoms with Gasteiger partial charge in [-0.3, -0.25) is 14.4 Å². The van der Waals surface area contributed by atoms with E-state index in [-0.39, 0.29) is 24.2 Å². The summed E-state index contributed by atoms with van der Waals surface area (Å²) in [6, 6.07) is 4.11. The first-order valence-corrected chi connectivity index (χ1v) is 8.78. The molecule has 1 amide bonds. The van der Waals surface area contributed by atoms with E-state index in [0.717, 1.165) is 18.9 Å². The lowest BCUT2D eigenvalue weighted by Gasteiger charge is -2.39. The Morgan fingerprint density at radius 3 is 2.60 bits per heavy atom. The van der Waals surface area contributed by atoms with Crippen LogP contribution in [0.25, 0.3) is 5.82 Å². The third-order valence-corrected chi connectivity index (χ3v) is 4.63. The van der Waals surface area contributed by atoms with Gasteiger partial charge < -0.3 is 14.6 Å². The summed E-state index contributed by atoms with van der Waals surface area (Å²) in [5.74, 6) is 0.668. The van der Waals surface area contributed by atoms with Gasteiger partial charge in [0.2, 0.25) is 0 Å². The molecule has 1 aliphatic rings. The maximum atomic E-state index is 12.7. The summed E-state index contributed by atoms with van der Waals surface area (Å²) in [6.07, 6.45) is 5.88. The molecule has 1 fully saturated rings. The Labute approximate surface area is 148 Å². The van der Waals surface area contributed by atoms with Gasteiger partial charge in [0.05, 0.1) is 18.4 Å². The summed E-state index contributed by atoms with van der Waals surface area (Å²) in [6.45, 7) is 8.70. The van der Waals surface area contributed by atoms with E-state index in [1.54, 1.807) is 10.9 Å². The minimum Gasteiger partial charge on any atom is -0.373 e. The standard InChI is InChI=1S/C18H27N5O2/c1-13(23-11-14(2)25-15(3)12-23)9-19-17(24)16-10-20-21(4)18(16)22-7-5-6-8-22/h5-8,10,13-15H,9,11-12H2,1-4H3,(H,19,24)/t13-,14-,15+/m0/s1. The number of rotatable bonds is 5. The molecular weight excluding hydrogens is 318 g/mol. The van der Waals surface area contributed by atoms with Crippen molar-refractivity contribution in [1.82, 2.24) is 24.6 Å². The molecule has 1 saturated heterocycles. The molecule has 3 heterocycles. The highest BCUT2D eigenvalue weighted by Crippen LogP contribution is 2.15. The normalized spacial score (nSPS) is 22.7. The fraction of sp³-hybridized carbons (Fsp3) is 0.556. The number of carbonyl (C=O) groups is 1. The third-order valence-electron chi connectivity index (χ3n) is 4.63. The van der Waals surface area contributed by atoms with Crippen LogP contribution in [0.2, 0.25) is 0 Å². The zero-order chi connectivity index (χ0) is 18.0. The van der Waals surface area contributed by atoms with E-state index in [2.05, 4.69) is 36.1 Å². The van der Waals surface area contributed by atoms with Crippen LogP contribution >= 0.6 is 0 Å². The van der Waals surface area contributed by atoms with Gasteiger partial charge in [0.25, 0.3) is 5.91 Å². The zero-order valence-electron chi connectivity index (χ0n) is 15.3. The molecule has 25 heavy (non-hydrogen) atoms. The van der Waals surface area contributed by atoms with Crippen LogP contribution in [0.4, 0.5) is 0 Å². The Balaban J connectivity index is 1.64. The van der Waals surface area contributed by atoms with Gasteiger partial charge in [0.15, 0.2) is 0 Å². The van der Waals surface area contributed by atoms with Gasteiger partial charge in [-0.15, -0.1) is 0 Å². The molecule has 3 rings (SSSR count). The van der Waals surface area contributed by atoms with Crippen molar-refractivity contribution in [2.75, 3.05) is 19.6 Å². The lowest BCUT2D eigenvalue weighted by Crippen LogP contribution is -2.52. The van der Waals surface area contributed by atoms with Gasteiger partial charge in [-0.1, -0.05) is 0 Å². The van der Waals surface area contributed by atoms with Crippen LogP contribution in [-0.2, 0) is 11.8 Å². The lowest BCUT2D eigenvalue weighted by atomic mass is 10.1. The molecule has 2 aromatic rings. The number of aryl methyl sites for hydroxylation is 1. The number of aromatic nitrogens is 3. The zero-order valence-corrected chi connectivity index (χ0v) is 15.3. The van der Waals surface area contributed by atoms with E-state index < -0.39 is 0 Å². The fourth-order valence-electron chi connectivity index (χ4n) is 3.42. The van der Waals surface area contributed by atoms with Crippen molar-refractivity contribution >= 4 is 5.91 Å². The monoisotopic (exact) mass is 345 g/mol. The van der Waals surface area contributed by atoms with E-state index in [4.69, 9.17) is 4.74 Å². The average molecular weight is 345 g/mol. The average Bonchev–Trinajstić information content (AvgIpc) is 3.20. The van der Waals surface area contributed by atoms with Gasteiger partial charge in [0.1, 0.15) is 11.4 Å². The van der Waals surface area contributed by atoms with Crippen molar-refractivity contribution in [3.63, 3.8) is 0 Å². The molecule has 0 radical (unpaired) electrons. The molecule has 2 aromatic heterocycles. The van der Waals surface area contributed by atoms with Crippen LogP contribution in [0.3, 0.4) is 0 Å². The number of hydrogen-bond donors (Lipinski definition) is 1. The molecule has 0 unspecified atom stereocenters. The molecule has 0 bridgehead atoms. The summed E-state index contributed by atoms with van der Waals surface area (Å²) >= 11 is 0. The van der Waals surface area contributed by atoms with Crippen molar-refractivity contribution in [2.45, 2.75) is 39.0 Å². The SMILES string of the molecule is C[C@@H]1CN([C@@H](C)CNC(=O)c2cnn(C)c2-n2cccc2)C[C@H](C)O1. The second-order valence-electron chi connectivity index (χ2n) is 6.87. The van der Waals surface area contributed by atoms with Crippen molar-refractivity contribution < 1.29 is 9.53 Å². The van der Waals surface area contributed by atoms with Crippen molar-refractivity contribution in [3.05, 3.63) is 36.3 Å². The van der Waals surface area contributed by atoms with Crippen molar-refractivity contribution in [1.29, 1.82) is 0 Å². The number of hydrogen-bond acceptors (Lipinski definition) is 4. The summed E-state index contributed by atoms with van der Waals surface area (Å²) in [7, 11) is 1.84. The molecule has 0 aromatic carbocycles. The smallest absolute Gasteiger partial charge is 0.256 e. The largest absolute Gasteiger partial charge is 0.373 e. The van der Waals surface area contributed by atoms with Gasteiger partial charge >= 0.3 is 0 Å². The van der Waals surface area contributed by atoms with Crippen LogP contribution < -0.4 is 5.32 Å². The quantitative estimate of drug-likeness (QED) is 0.891. The maximum Gasteiger partial charge on any atom is 0.256 e. The van der Waals surface area contributed by atoms with Gasteiger partial charge in [0, 0.05) is 45.1 Å². The summed E-state index contributed by atoms with van der Waals surface area (Å²) < 4.78 is 9.39. The minimum absolute atomic E-state index is 0.0991. The predicted molar refractivity (Wildman–Crippen MR) is 95.9 cm³/mol. The molecule has 1 N–H and O–H groups in total. The number of ether oxygens (including phenoxy) is 1. The highest BCUT2D eigenvalue weighted by atomic mass is 16.5. The summed E-state index contributed by atoms with van der Waals surface area (Å²) in [4.78, 5) is 15.0. The van der Waals surface area contributed by atoms with Crippen LogP contribution in [-0.4, -0.2) is 63.0 Å². The van der Waals surface area contributed by atoms with E-state index in [9.17, 15) is 4.79 Å². The molecule has 3 atom stereocenters. The summed E-state index contributed by atoms with van der Waals surface area (Å²) in [5, 5.41) is 7.29. The molecule has 136 valence electrons. The number of morpholine rings is 1. The van der Waals surface area contributed by atoms with Crippen LogP contribution in [0.5, 0.6) is 0 Å². The predicted octanol–water partition coefficient (Wildman–Crippen LogP) is 1.44. The Bertz CT molecular complexity index is 699. The number of amides is 1. The van der Waals surface area contributed by atoms with E-state index >= 15 is 0 Å². The van der Waals surface area contributed by atoms with Gasteiger partial charge in [-0.2, -0.15) is 5.10 Å². The van der Waals surface area contributed by atoms with E-state index in [1.807, 2.05) is 36.1 Å². The minimum atomic E-state index is -0.0991. The Morgan fingerprint density at radius 1 is 1.32 bits per heavy atom. The van der Waals surface area contributed by atoms with Gasteiger partial charge in [-0.05, 0) is 32.9 Å². The topological polar surface area (TPSA) is 64.3 Å². The molecule has 0 saturated carbocycles. The lowest BCUT2D eigenvalue weighted by molar-refractivity contribution is -0.0778. The summed E-state index contributed by atoms with van der Waals surface area (Å²) in [5.41, 5.74) is 0.578. The molecule has 7 heteroatoms. The third kappa shape index (κ3) is 3.93.